The summed E-state index contributed by atoms with van der Waals surface area (Å²) in [4.78, 5) is 18.3. The van der Waals surface area contributed by atoms with E-state index >= 15 is 0 Å². The van der Waals surface area contributed by atoms with Crippen LogP contribution in [0.4, 0.5) is 0 Å². The van der Waals surface area contributed by atoms with Crippen molar-refractivity contribution in [3.05, 3.63) is 0 Å². The van der Waals surface area contributed by atoms with E-state index in [0.29, 0.717) is 6.54 Å². The molecule has 1 amide bonds. The van der Waals surface area contributed by atoms with Crippen LogP contribution in [0, 0.1) is 5.92 Å². The number of amides is 1. The van der Waals surface area contributed by atoms with Gasteiger partial charge in [-0.05, 0) is 19.8 Å². The van der Waals surface area contributed by atoms with Crippen LogP contribution in [0.15, 0.2) is 0 Å². The SMILES string of the molecule is CON(C)C(=O)C1CCN(B(C)O)C1. The minimum absolute atomic E-state index is 0.0179. The van der Waals surface area contributed by atoms with Crippen LogP contribution in [0.25, 0.3) is 0 Å². The van der Waals surface area contributed by atoms with E-state index in [2.05, 4.69) is 0 Å². The minimum Gasteiger partial charge on any atom is -0.437 e. The van der Waals surface area contributed by atoms with Gasteiger partial charge in [-0.25, -0.2) is 5.06 Å². The van der Waals surface area contributed by atoms with Gasteiger partial charge in [-0.3, -0.25) is 9.63 Å². The minimum atomic E-state index is -0.472. The Labute approximate surface area is 84.7 Å². The summed E-state index contributed by atoms with van der Waals surface area (Å²) in [5.74, 6) is -0.0646. The van der Waals surface area contributed by atoms with E-state index < -0.39 is 7.05 Å². The molecule has 0 aromatic carbocycles. The summed E-state index contributed by atoms with van der Waals surface area (Å²) in [7, 11) is 2.60. The van der Waals surface area contributed by atoms with Crippen LogP contribution in [0.2, 0.25) is 6.82 Å². The van der Waals surface area contributed by atoms with E-state index in [0.717, 1.165) is 13.0 Å². The van der Waals surface area contributed by atoms with Crippen LogP contribution < -0.4 is 0 Å². The highest BCUT2D eigenvalue weighted by atomic mass is 16.7. The van der Waals surface area contributed by atoms with Gasteiger partial charge in [0.2, 0.25) is 5.91 Å². The Hall–Kier alpha value is -0.585. The maximum absolute atomic E-state index is 11.6. The summed E-state index contributed by atoms with van der Waals surface area (Å²) in [6, 6.07) is 0. The van der Waals surface area contributed by atoms with Crippen molar-refractivity contribution in [1.29, 1.82) is 0 Å². The predicted octanol–water partition coefficient (Wildman–Crippen LogP) is -0.562. The molecular weight excluding hydrogens is 183 g/mol. The lowest BCUT2D eigenvalue weighted by molar-refractivity contribution is -0.172. The maximum atomic E-state index is 11.6. The first kappa shape index (κ1) is 11.5. The van der Waals surface area contributed by atoms with Gasteiger partial charge in [0.05, 0.1) is 13.0 Å². The molecule has 0 aromatic heterocycles. The van der Waals surface area contributed by atoms with Crippen LogP contribution in [0.5, 0.6) is 0 Å². The fourth-order valence-corrected chi connectivity index (χ4v) is 1.68. The first-order chi connectivity index (χ1) is 6.56. The third-order valence-electron chi connectivity index (χ3n) is 2.68. The molecule has 1 atom stereocenters. The van der Waals surface area contributed by atoms with Gasteiger partial charge in [-0.1, -0.05) is 0 Å². The Morgan fingerprint density at radius 1 is 1.71 bits per heavy atom. The highest BCUT2D eigenvalue weighted by Gasteiger charge is 2.33. The van der Waals surface area contributed by atoms with E-state index in [4.69, 9.17) is 4.84 Å². The standard InChI is InChI=1S/C8H17BN2O3/c1-9(13)11-5-4-7(6-11)8(12)10(2)14-3/h7,13H,4-6H2,1-3H3. The Morgan fingerprint density at radius 2 is 2.36 bits per heavy atom. The number of nitrogens with zero attached hydrogens (tertiary/aromatic N) is 2. The van der Waals surface area contributed by atoms with E-state index in [1.165, 1.54) is 12.2 Å². The van der Waals surface area contributed by atoms with Gasteiger partial charge in [0.25, 0.3) is 0 Å². The average molecular weight is 200 g/mol. The summed E-state index contributed by atoms with van der Waals surface area (Å²) in [5.41, 5.74) is 0. The van der Waals surface area contributed by atoms with Gasteiger partial charge in [0.1, 0.15) is 0 Å². The second-order valence-corrected chi connectivity index (χ2v) is 3.63. The molecule has 1 rings (SSSR count). The molecule has 0 spiro atoms. The molecule has 1 N–H and O–H groups in total. The summed E-state index contributed by atoms with van der Waals surface area (Å²) in [6.07, 6.45) is 0.789. The summed E-state index contributed by atoms with van der Waals surface area (Å²) < 4.78 is 0. The molecular formula is C8H17BN2O3. The topological polar surface area (TPSA) is 53.0 Å². The molecule has 0 aromatic rings. The van der Waals surface area contributed by atoms with Gasteiger partial charge < -0.3 is 9.83 Å². The van der Waals surface area contributed by atoms with Crippen LogP contribution in [0.3, 0.4) is 0 Å². The fourth-order valence-electron chi connectivity index (χ4n) is 1.68. The largest absolute Gasteiger partial charge is 0.437 e. The van der Waals surface area contributed by atoms with Crippen molar-refractivity contribution in [2.24, 2.45) is 5.92 Å². The van der Waals surface area contributed by atoms with Gasteiger partial charge in [-0.2, -0.15) is 0 Å². The lowest BCUT2D eigenvalue weighted by Gasteiger charge is -2.19. The predicted molar refractivity (Wildman–Crippen MR) is 53.3 cm³/mol. The molecule has 1 unspecified atom stereocenters. The molecule has 6 heteroatoms. The van der Waals surface area contributed by atoms with Crippen molar-refractivity contribution in [2.75, 3.05) is 27.2 Å². The van der Waals surface area contributed by atoms with Crippen molar-refractivity contribution in [3.63, 3.8) is 0 Å². The molecule has 80 valence electrons. The zero-order valence-corrected chi connectivity index (χ0v) is 8.93. The number of carbonyl (C=O) groups excluding carboxylic acids is 1. The fraction of sp³-hybridized carbons (Fsp3) is 0.875. The molecule has 14 heavy (non-hydrogen) atoms. The highest BCUT2D eigenvalue weighted by molar-refractivity contribution is 6.45. The van der Waals surface area contributed by atoms with Gasteiger partial charge in [0.15, 0.2) is 0 Å². The Kier molecular flexibility index (Phi) is 3.91. The van der Waals surface area contributed by atoms with Crippen LogP contribution in [0.1, 0.15) is 6.42 Å². The highest BCUT2D eigenvalue weighted by Crippen LogP contribution is 2.18. The van der Waals surface area contributed by atoms with Crippen molar-refractivity contribution >= 4 is 13.0 Å². The quantitative estimate of drug-likeness (QED) is 0.490. The zero-order chi connectivity index (χ0) is 10.7. The van der Waals surface area contributed by atoms with E-state index in [-0.39, 0.29) is 11.8 Å². The molecule has 1 heterocycles. The van der Waals surface area contributed by atoms with Crippen molar-refractivity contribution in [3.8, 4) is 0 Å². The van der Waals surface area contributed by atoms with Crippen molar-refractivity contribution < 1.29 is 14.7 Å². The second kappa shape index (κ2) is 4.77. The summed E-state index contributed by atoms with van der Waals surface area (Å²) in [5, 5.41) is 10.6. The van der Waals surface area contributed by atoms with Gasteiger partial charge >= 0.3 is 7.05 Å². The third-order valence-corrected chi connectivity index (χ3v) is 2.68. The second-order valence-electron chi connectivity index (χ2n) is 3.63. The lowest BCUT2D eigenvalue weighted by atomic mass is 9.86. The summed E-state index contributed by atoms with van der Waals surface area (Å²) >= 11 is 0. The van der Waals surface area contributed by atoms with Crippen LogP contribution >= 0.6 is 0 Å². The molecule has 0 saturated carbocycles. The Morgan fingerprint density at radius 3 is 2.79 bits per heavy atom. The molecule has 0 aliphatic carbocycles. The number of hydrogen-bond donors (Lipinski definition) is 1. The van der Waals surface area contributed by atoms with Crippen molar-refractivity contribution in [1.82, 2.24) is 9.87 Å². The molecule has 1 saturated heterocycles. The van der Waals surface area contributed by atoms with Crippen LogP contribution in [-0.4, -0.2) is 55.1 Å². The van der Waals surface area contributed by atoms with E-state index in [1.807, 2.05) is 4.81 Å². The zero-order valence-electron chi connectivity index (χ0n) is 8.93. The van der Waals surface area contributed by atoms with E-state index in [9.17, 15) is 9.82 Å². The molecule has 0 radical (unpaired) electrons. The smallest absolute Gasteiger partial charge is 0.376 e. The van der Waals surface area contributed by atoms with Gasteiger partial charge in [0, 0.05) is 13.6 Å². The molecule has 5 nitrogen and oxygen atoms in total. The normalized spacial score (nSPS) is 22.4. The maximum Gasteiger partial charge on any atom is 0.376 e. The lowest BCUT2D eigenvalue weighted by Crippen LogP contribution is -2.38. The number of hydroxylamine groups is 2. The first-order valence-corrected chi connectivity index (χ1v) is 4.80. The Bertz CT molecular complexity index is 213. The average Bonchev–Trinajstić information content (AvgIpc) is 2.64. The molecule has 1 fully saturated rings. The molecule has 1 aliphatic heterocycles. The van der Waals surface area contributed by atoms with Gasteiger partial charge in [-0.15, -0.1) is 0 Å². The summed E-state index contributed by atoms with van der Waals surface area (Å²) in [6.45, 7) is 3.10. The number of hydrogen-bond acceptors (Lipinski definition) is 4. The Balaban J connectivity index is 2.45. The first-order valence-electron chi connectivity index (χ1n) is 4.80. The van der Waals surface area contributed by atoms with Crippen LogP contribution in [-0.2, 0) is 9.63 Å². The van der Waals surface area contributed by atoms with E-state index in [1.54, 1.807) is 13.9 Å². The number of carbonyl (C=O) groups is 1. The number of rotatable bonds is 3. The van der Waals surface area contributed by atoms with Crippen molar-refractivity contribution in [2.45, 2.75) is 13.2 Å². The monoisotopic (exact) mass is 200 g/mol. The molecule has 0 bridgehead atoms. The molecule has 1 aliphatic rings. The third kappa shape index (κ3) is 2.46.